The molecule has 0 radical (unpaired) electrons. The molecule has 0 aliphatic heterocycles. The van der Waals surface area contributed by atoms with Gasteiger partial charge in [-0.3, -0.25) is 10.1 Å². The van der Waals surface area contributed by atoms with Crippen molar-refractivity contribution in [3.8, 4) is 22.4 Å². The molecule has 1 heterocycles. The summed E-state index contributed by atoms with van der Waals surface area (Å²) in [6.07, 6.45) is 1.72. The summed E-state index contributed by atoms with van der Waals surface area (Å²) in [6, 6.07) is 25.2. The number of carboxylic acid groups (broad SMARTS) is 2. The quantitative estimate of drug-likeness (QED) is 0.211. The highest BCUT2D eigenvalue weighted by Gasteiger charge is 2.12. The highest BCUT2D eigenvalue weighted by molar-refractivity contribution is 6.27. The zero-order chi connectivity index (χ0) is 25.4. The van der Waals surface area contributed by atoms with E-state index in [-0.39, 0.29) is 5.69 Å². The summed E-state index contributed by atoms with van der Waals surface area (Å²) in [5.41, 5.74) is 5.16. The van der Waals surface area contributed by atoms with Gasteiger partial charge in [0.15, 0.2) is 0 Å². The van der Waals surface area contributed by atoms with Crippen LogP contribution in [0.4, 0.5) is 11.6 Å². The first kappa shape index (κ1) is 24.6. The van der Waals surface area contributed by atoms with Gasteiger partial charge in [0, 0.05) is 31.3 Å². The number of hydrogen-bond acceptors (Lipinski definition) is 6. The molecule has 4 aromatic rings. The van der Waals surface area contributed by atoms with Crippen molar-refractivity contribution in [3.63, 3.8) is 0 Å². The van der Waals surface area contributed by atoms with E-state index < -0.39 is 16.9 Å². The number of hydrogen-bond donors (Lipinski definition) is 3. The van der Waals surface area contributed by atoms with E-state index >= 15 is 0 Å². The Morgan fingerprint density at radius 2 is 1.51 bits per heavy atom. The highest BCUT2D eigenvalue weighted by atomic mass is 16.6. The first-order chi connectivity index (χ1) is 16.8. The van der Waals surface area contributed by atoms with Crippen LogP contribution in [-0.4, -0.2) is 36.6 Å². The van der Waals surface area contributed by atoms with Crippen molar-refractivity contribution in [3.05, 3.63) is 101 Å². The van der Waals surface area contributed by atoms with Crippen molar-refractivity contribution in [2.45, 2.75) is 6.54 Å². The summed E-state index contributed by atoms with van der Waals surface area (Å²) in [7, 11) is 1.89. The number of anilines is 1. The number of imidazole rings is 1. The van der Waals surface area contributed by atoms with Crippen LogP contribution in [0.2, 0.25) is 0 Å². The van der Waals surface area contributed by atoms with Gasteiger partial charge in [-0.1, -0.05) is 66.7 Å². The lowest BCUT2D eigenvalue weighted by Gasteiger charge is -2.09. The fourth-order valence-electron chi connectivity index (χ4n) is 3.25. The van der Waals surface area contributed by atoms with Gasteiger partial charge in [0.2, 0.25) is 5.95 Å². The number of rotatable bonds is 6. The van der Waals surface area contributed by atoms with Crippen LogP contribution in [-0.2, 0) is 23.2 Å². The van der Waals surface area contributed by atoms with Crippen LogP contribution in [0.1, 0.15) is 5.56 Å². The Morgan fingerprint density at radius 1 is 0.914 bits per heavy atom. The van der Waals surface area contributed by atoms with Crippen molar-refractivity contribution >= 4 is 23.6 Å². The van der Waals surface area contributed by atoms with Gasteiger partial charge in [0.25, 0.3) is 5.69 Å². The Labute approximate surface area is 200 Å². The molecule has 0 bridgehead atoms. The van der Waals surface area contributed by atoms with E-state index in [0.29, 0.717) is 12.5 Å². The van der Waals surface area contributed by atoms with Crippen LogP contribution in [0.5, 0.6) is 0 Å². The molecule has 3 aromatic carbocycles. The molecule has 0 saturated heterocycles. The van der Waals surface area contributed by atoms with E-state index in [0.717, 1.165) is 16.8 Å². The van der Waals surface area contributed by atoms with Crippen LogP contribution >= 0.6 is 0 Å². The molecule has 0 aliphatic carbocycles. The van der Waals surface area contributed by atoms with Gasteiger partial charge in [0.05, 0.1) is 16.8 Å². The Kier molecular flexibility index (Phi) is 7.91. The maximum atomic E-state index is 11.0. The minimum absolute atomic E-state index is 0.0664. The number of nitro groups is 1. The molecular weight excluding hydrogens is 452 g/mol. The van der Waals surface area contributed by atoms with Crippen LogP contribution in [0.25, 0.3) is 22.4 Å². The molecule has 0 fully saturated rings. The van der Waals surface area contributed by atoms with Crippen LogP contribution in [0.3, 0.4) is 0 Å². The van der Waals surface area contributed by atoms with E-state index in [2.05, 4.69) is 46.7 Å². The normalized spacial score (nSPS) is 10.1. The van der Waals surface area contributed by atoms with Crippen LogP contribution in [0, 0.1) is 10.1 Å². The van der Waals surface area contributed by atoms with Gasteiger partial charge >= 0.3 is 11.9 Å². The first-order valence-corrected chi connectivity index (χ1v) is 10.4. The first-order valence-electron chi connectivity index (χ1n) is 10.4. The van der Waals surface area contributed by atoms with Crippen molar-refractivity contribution in [2.24, 2.45) is 7.05 Å². The van der Waals surface area contributed by atoms with Crippen molar-refractivity contribution in [2.75, 3.05) is 5.32 Å². The maximum absolute atomic E-state index is 11.0. The molecule has 0 aliphatic rings. The molecule has 3 N–H and O–H groups in total. The number of nitrogens with one attached hydrogen (secondary N) is 1. The lowest BCUT2D eigenvalue weighted by atomic mass is 10.0. The summed E-state index contributed by atoms with van der Waals surface area (Å²) >= 11 is 0. The van der Waals surface area contributed by atoms with Crippen molar-refractivity contribution in [1.29, 1.82) is 0 Å². The van der Waals surface area contributed by atoms with E-state index in [1.54, 1.807) is 18.3 Å². The molecular formula is C25H22N4O6. The third kappa shape index (κ3) is 6.51. The minimum atomic E-state index is -1.82. The smallest absolute Gasteiger partial charge is 0.414 e. The fourth-order valence-corrected chi connectivity index (χ4v) is 3.25. The largest absolute Gasteiger partial charge is 0.473 e. The SMILES string of the molecule is Cn1c(-c2cccc([N+](=O)[O-])c2)cnc1NCc1ccc(-c2ccccc2)cc1.O=C(O)C(=O)O. The zero-order valence-electron chi connectivity index (χ0n) is 18.7. The Morgan fingerprint density at radius 3 is 2.11 bits per heavy atom. The van der Waals surface area contributed by atoms with Gasteiger partial charge in [-0.25, -0.2) is 14.6 Å². The molecule has 0 spiro atoms. The molecule has 1 aromatic heterocycles. The summed E-state index contributed by atoms with van der Waals surface area (Å²) in [5, 5.41) is 29.1. The lowest BCUT2D eigenvalue weighted by molar-refractivity contribution is -0.384. The van der Waals surface area contributed by atoms with Gasteiger partial charge in [0.1, 0.15) is 0 Å². The Hall–Kier alpha value is -4.99. The topological polar surface area (TPSA) is 148 Å². The molecule has 35 heavy (non-hydrogen) atoms. The lowest BCUT2D eigenvalue weighted by Crippen LogP contribution is -2.09. The second-order valence-electron chi connectivity index (χ2n) is 7.36. The van der Waals surface area contributed by atoms with Gasteiger partial charge < -0.3 is 20.1 Å². The summed E-state index contributed by atoms with van der Waals surface area (Å²) in [4.78, 5) is 33.3. The predicted octanol–water partition coefficient (Wildman–Crippen LogP) is 4.43. The average Bonchev–Trinajstić information content (AvgIpc) is 3.24. The maximum Gasteiger partial charge on any atom is 0.414 e. The zero-order valence-corrected chi connectivity index (χ0v) is 18.7. The van der Waals surface area contributed by atoms with Gasteiger partial charge in [-0.15, -0.1) is 0 Å². The molecule has 4 rings (SSSR count). The standard InChI is InChI=1S/C23H20N4O2.C2H2O4/c1-26-22(20-8-5-9-21(14-20)27(28)29)16-25-23(26)24-15-17-10-12-19(13-11-17)18-6-3-2-4-7-18;3-1(4)2(5)6/h2-14,16H,15H2,1H3,(H,24,25);(H,3,4)(H,5,6). The van der Waals surface area contributed by atoms with Crippen molar-refractivity contribution < 1.29 is 24.7 Å². The Bertz CT molecular complexity index is 1320. The van der Waals surface area contributed by atoms with E-state index in [1.165, 1.54) is 17.2 Å². The number of non-ortho nitro benzene ring substituents is 1. The fraction of sp³-hybridized carbons (Fsp3) is 0.0800. The highest BCUT2D eigenvalue weighted by Crippen LogP contribution is 2.26. The minimum Gasteiger partial charge on any atom is -0.473 e. The van der Waals surface area contributed by atoms with E-state index in [9.17, 15) is 10.1 Å². The van der Waals surface area contributed by atoms with Gasteiger partial charge in [-0.05, 0) is 16.7 Å². The Balaban J connectivity index is 0.000000509. The number of benzene rings is 3. The summed E-state index contributed by atoms with van der Waals surface area (Å²) in [5.74, 6) is -2.94. The van der Waals surface area contributed by atoms with Gasteiger partial charge in [-0.2, -0.15) is 0 Å². The number of aromatic nitrogens is 2. The number of nitrogens with zero attached hydrogens (tertiary/aromatic N) is 3. The number of carbonyl (C=O) groups is 2. The molecule has 0 atom stereocenters. The van der Waals surface area contributed by atoms with Crippen molar-refractivity contribution in [1.82, 2.24) is 9.55 Å². The second-order valence-corrected chi connectivity index (χ2v) is 7.36. The summed E-state index contributed by atoms with van der Waals surface area (Å²) < 4.78 is 1.90. The average molecular weight is 474 g/mol. The van der Waals surface area contributed by atoms with E-state index in [1.807, 2.05) is 35.9 Å². The molecule has 0 unspecified atom stereocenters. The molecule has 10 heteroatoms. The van der Waals surface area contributed by atoms with Crippen LogP contribution in [0.15, 0.2) is 85.1 Å². The third-order valence-corrected chi connectivity index (χ3v) is 5.04. The third-order valence-electron chi connectivity index (χ3n) is 5.04. The second kappa shape index (κ2) is 11.2. The molecule has 178 valence electrons. The molecule has 10 nitrogen and oxygen atoms in total. The van der Waals surface area contributed by atoms with E-state index in [4.69, 9.17) is 19.8 Å². The summed E-state index contributed by atoms with van der Waals surface area (Å²) in [6.45, 7) is 0.633. The number of carboxylic acids is 2. The predicted molar refractivity (Wildman–Crippen MR) is 130 cm³/mol. The number of nitro benzene ring substituents is 1. The monoisotopic (exact) mass is 474 g/mol. The number of aliphatic carboxylic acids is 2. The molecule has 0 amide bonds. The molecule has 0 saturated carbocycles. The van der Waals surface area contributed by atoms with Crippen LogP contribution < -0.4 is 5.32 Å².